The summed E-state index contributed by atoms with van der Waals surface area (Å²) in [6, 6.07) is 3.55. The molecule has 0 saturated carbocycles. The maximum Gasteiger partial charge on any atom is 0.412 e. The average Bonchev–Trinajstić information content (AvgIpc) is 2.71. The second-order valence-electron chi connectivity index (χ2n) is 7.99. The number of hydrogen-bond donors (Lipinski definition) is 1. The number of carbonyl (C=O) groups excluding carboxylic acids is 2. The molecule has 150 valence electrons. The van der Waals surface area contributed by atoms with Crippen LogP contribution in [0.2, 0.25) is 5.02 Å². The summed E-state index contributed by atoms with van der Waals surface area (Å²) in [4.78, 5) is 26.6. The van der Waals surface area contributed by atoms with Gasteiger partial charge < -0.3 is 14.8 Å². The van der Waals surface area contributed by atoms with Crippen LogP contribution < -0.4 is 5.32 Å². The lowest BCUT2D eigenvalue weighted by Gasteiger charge is -2.35. The third-order valence-corrected chi connectivity index (χ3v) is 4.49. The van der Waals surface area contributed by atoms with Gasteiger partial charge in [-0.2, -0.15) is 0 Å². The van der Waals surface area contributed by atoms with Crippen LogP contribution in [0.15, 0.2) is 18.2 Å². The van der Waals surface area contributed by atoms with Gasteiger partial charge in [0.1, 0.15) is 17.1 Å². The summed E-state index contributed by atoms with van der Waals surface area (Å²) in [5, 5.41) is 2.67. The zero-order chi connectivity index (χ0) is 20.6. The van der Waals surface area contributed by atoms with Crippen LogP contribution >= 0.6 is 11.6 Å². The van der Waals surface area contributed by atoms with E-state index in [0.29, 0.717) is 0 Å². The summed E-state index contributed by atoms with van der Waals surface area (Å²) in [6.45, 7) is 10.7. The van der Waals surface area contributed by atoms with Crippen LogP contribution in [-0.2, 0) is 9.47 Å². The monoisotopic (exact) mass is 400 g/mol. The van der Waals surface area contributed by atoms with Gasteiger partial charge in [-0.25, -0.2) is 9.18 Å². The number of ether oxygens (including phenoxy) is 2. The molecule has 1 N–H and O–H groups in total. The molecule has 1 saturated heterocycles. The number of benzene rings is 1. The van der Waals surface area contributed by atoms with E-state index in [1.165, 1.54) is 17.0 Å². The number of hydrogen-bond acceptors (Lipinski definition) is 4. The summed E-state index contributed by atoms with van der Waals surface area (Å²) >= 11 is 5.94. The van der Waals surface area contributed by atoms with E-state index < -0.39 is 35.2 Å². The largest absolute Gasteiger partial charge is 0.444 e. The van der Waals surface area contributed by atoms with Gasteiger partial charge >= 0.3 is 6.09 Å². The van der Waals surface area contributed by atoms with Crippen LogP contribution in [0.3, 0.4) is 0 Å². The predicted molar refractivity (Wildman–Crippen MR) is 100 cm³/mol. The van der Waals surface area contributed by atoms with Gasteiger partial charge in [-0.3, -0.25) is 9.69 Å². The highest BCUT2D eigenvalue weighted by atomic mass is 35.5. The maximum absolute atomic E-state index is 13.9. The zero-order valence-corrected chi connectivity index (χ0v) is 17.2. The first-order valence-corrected chi connectivity index (χ1v) is 9.13. The Morgan fingerprint density at radius 2 is 2.00 bits per heavy atom. The van der Waals surface area contributed by atoms with Crippen LogP contribution in [-0.4, -0.2) is 46.9 Å². The molecule has 27 heavy (non-hydrogen) atoms. The molecule has 0 unspecified atom stereocenters. The summed E-state index contributed by atoms with van der Waals surface area (Å²) < 4.78 is 25.3. The van der Waals surface area contributed by atoms with Crippen LogP contribution in [0, 0.1) is 5.82 Å². The molecular formula is C19H26ClFN2O4. The van der Waals surface area contributed by atoms with Gasteiger partial charge in [0.05, 0.1) is 22.7 Å². The molecule has 0 aromatic heterocycles. The minimum absolute atomic E-state index is 0.0209. The number of amides is 2. The van der Waals surface area contributed by atoms with Crippen molar-refractivity contribution >= 4 is 23.6 Å². The maximum atomic E-state index is 13.9. The standard InChI is InChI=1S/C19H26ClFN2O4/c1-11-14(10-22-16(24)15-12(20)8-7-9-13(15)21)23(19(5,6)26-11)17(25)27-18(2,3)4/h7-9,11,14H,10H2,1-6H3,(H,22,24)/t11-,14-/m0/s1. The lowest BCUT2D eigenvalue weighted by molar-refractivity contribution is -0.0756. The first kappa shape index (κ1) is 21.4. The normalized spacial score (nSPS) is 21.9. The smallest absolute Gasteiger partial charge is 0.412 e. The highest BCUT2D eigenvalue weighted by molar-refractivity contribution is 6.33. The molecule has 1 aromatic carbocycles. The van der Waals surface area contributed by atoms with Crippen molar-refractivity contribution in [2.45, 2.75) is 65.0 Å². The topological polar surface area (TPSA) is 67.9 Å². The van der Waals surface area contributed by atoms with E-state index in [2.05, 4.69) is 5.32 Å². The zero-order valence-electron chi connectivity index (χ0n) is 16.4. The fourth-order valence-electron chi connectivity index (χ4n) is 3.12. The van der Waals surface area contributed by atoms with Crippen molar-refractivity contribution in [1.82, 2.24) is 10.2 Å². The van der Waals surface area contributed by atoms with Crippen molar-refractivity contribution in [1.29, 1.82) is 0 Å². The van der Waals surface area contributed by atoms with E-state index in [0.717, 1.165) is 6.07 Å². The van der Waals surface area contributed by atoms with Gasteiger partial charge in [0.25, 0.3) is 5.91 Å². The number of nitrogens with one attached hydrogen (secondary N) is 1. The summed E-state index contributed by atoms with van der Waals surface area (Å²) in [7, 11) is 0. The van der Waals surface area contributed by atoms with Crippen LogP contribution in [0.4, 0.5) is 9.18 Å². The van der Waals surface area contributed by atoms with E-state index in [4.69, 9.17) is 21.1 Å². The lowest BCUT2D eigenvalue weighted by Crippen LogP contribution is -2.53. The van der Waals surface area contributed by atoms with Gasteiger partial charge in [0.2, 0.25) is 0 Å². The Bertz CT molecular complexity index is 713. The summed E-state index contributed by atoms with van der Waals surface area (Å²) in [5.41, 5.74) is -1.81. The van der Waals surface area contributed by atoms with Gasteiger partial charge in [0.15, 0.2) is 0 Å². The minimum atomic E-state index is -0.910. The van der Waals surface area contributed by atoms with Crippen molar-refractivity contribution < 1.29 is 23.5 Å². The molecule has 2 atom stereocenters. The van der Waals surface area contributed by atoms with Crippen molar-refractivity contribution in [2.24, 2.45) is 0 Å². The number of nitrogens with zero attached hydrogens (tertiary/aromatic N) is 1. The molecule has 0 radical (unpaired) electrons. The molecule has 2 rings (SSSR count). The molecule has 1 aliphatic rings. The second-order valence-corrected chi connectivity index (χ2v) is 8.40. The van der Waals surface area contributed by atoms with E-state index in [9.17, 15) is 14.0 Å². The first-order valence-electron chi connectivity index (χ1n) is 8.76. The molecule has 0 spiro atoms. The van der Waals surface area contributed by atoms with Gasteiger partial charge in [-0.15, -0.1) is 0 Å². The Balaban J connectivity index is 2.17. The first-order chi connectivity index (χ1) is 12.3. The van der Waals surface area contributed by atoms with Crippen molar-refractivity contribution in [3.05, 3.63) is 34.6 Å². The number of rotatable bonds is 3. The third-order valence-electron chi connectivity index (χ3n) is 4.18. The molecule has 6 nitrogen and oxygen atoms in total. The Morgan fingerprint density at radius 3 is 2.56 bits per heavy atom. The van der Waals surface area contributed by atoms with Crippen LogP contribution in [0.1, 0.15) is 51.9 Å². The lowest BCUT2D eigenvalue weighted by atomic mass is 10.1. The molecule has 1 fully saturated rings. The molecule has 1 heterocycles. The molecular weight excluding hydrogens is 375 g/mol. The highest BCUT2D eigenvalue weighted by Crippen LogP contribution is 2.33. The molecule has 2 amide bonds. The quantitative estimate of drug-likeness (QED) is 0.833. The van der Waals surface area contributed by atoms with Crippen molar-refractivity contribution in [2.75, 3.05) is 6.54 Å². The summed E-state index contributed by atoms with van der Waals surface area (Å²) in [6.07, 6.45) is -0.899. The van der Waals surface area contributed by atoms with Gasteiger partial charge in [-0.1, -0.05) is 17.7 Å². The summed E-state index contributed by atoms with van der Waals surface area (Å²) in [5.74, 6) is -1.36. The average molecular weight is 401 g/mol. The SMILES string of the molecule is C[C@@H]1OC(C)(C)N(C(=O)OC(C)(C)C)[C@H]1CNC(=O)c1c(F)cccc1Cl. The molecule has 0 bridgehead atoms. The van der Waals surface area contributed by atoms with E-state index in [1.807, 2.05) is 0 Å². The second kappa shape index (κ2) is 7.64. The minimum Gasteiger partial charge on any atom is -0.444 e. The Morgan fingerprint density at radius 1 is 1.37 bits per heavy atom. The Hall–Kier alpha value is -1.86. The van der Waals surface area contributed by atoms with Crippen molar-refractivity contribution in [3.63, 3.8) is 0 Å². The van der Waals surface area contributed by atoms with Crippen LogP contribution in [0.5, 0.6) is 0 Å². The van der Waals surface area contributed by atoms with Crippen LogP contribution in [0.25, 0.3) is 0 Å². The Labute approximate surface area is 163 Å². The molecule has 0 aliphatic carbocycles. The van der Waals surface area contributed by atoms with E-state index in [1.54, 1.807) is 41.5 Å². The Kier molecular flexibility index (Phi) is 6.06. The van der Waals surface area contributed by atoms with E-state index in [-0.39, 0.29) is 23.2 Å². The molecule has 1 aliphatic heterocycles. The fraction of sp³-hybridized carbons (Fsp3) is 0.579. The number of halogens is 2. The third kappa shape index (κ3) is 4.90. The van der Waals surface area contributed by atoms with E-state index >= 15 is 0 Å². The number of carbonyl (C=O) groups is 2. The van der Waals surface area contributed by atoms with Gasteiger partial charge in [-0.05, 0) is 53.7 Å². The highest BCUT2D eigenvalue weighted by Gasteiger charge is 2.49. The molecule has 1 aromatic rings. The van der Waals surface area contributed by atoms with Crippen molar-refractivity contribution in [3.8, 4) is 0 Å². The predicted octanol–water partition coefficient (Wildman–Crippen LogP) is 3.97. The van der Waals surface area contributed by atoms with Gasteiger partial charge in [0, 0.05) is 6.54 Å². The fourth-order valence-corrected chi connectivity index (χ4v) is 3.37. The molecule has 8 heteroatoms.